The first kappa shape index (κ1) is 8.22. The molecule has 2 nitrogen and oxygen atoms in total. The predicted molar refractivity (Wildman–Crippen MR) is 46.0 cm³/mol. The summed E-state index contributed by atoms with van der Waals surface area (Å²) < 4.78 is 0.964. The standard InChI is InChI=1S/C8H7BrN2/c1-6-7(2-4-10)8(9)3-5-11-6/h3,5H,2H2,1H3. The van der Waals surface area contributed by atoms with Crippen LogP contribution in [0.4, 0.5) is 0 Å². The van der Waals surface area contributed by atoms with Crippen LogP contribution in [0.1, 0.15) is 11.3 Å². The zero-order chi connectivity index (χ0) is 8.27. The van der Waals surface area contributed by atoms with Crippen LogP contribution >= 0.6 is 15.9 Å². The highest BCUT2D eigenvalue weighted by Crippen LogP contribution is 2.18. The predicted octanol–water partition coefficient (Wildman–Crippen LogP) is 2.22. The molecule has 0 atom stereocenters. The molecule has 1 aromatic heterocycles. The Balaban J connectivity index is 3.12. The van der Waals surface area contributed by atoms with E-state index in [1.54, 1.807) is 6.20 Å². The molecule has 0 bridgehead atoms. The van der Waals surface area contributed by atoms with Crippen molar-refractivity contribution in [2.45, 2.75) is 13.3 Å². The zero-order valence-electron chi connectivity index (χ0n) is 6.13. The highest BCUT2D eigenvalue weighted by molar-refractivity contribution is 9.10. The molecule has 0 aliphatic carbocycles. The van der Waals surface area contributed by atoms with E-state index in [1.807, 2.05) is 13.0 Å². The van der Waals surface area contributed by atoms with E-state index in [9.17, 15) is 0 Å². The van der Waals surface area contributed by atoms with E-state index in [0.29, 0.717) is 6.42 Å². The average molecular weight is 211 g/mol. The number of nitriles is 1. The molecule has 0 aliphatic heterocycles. The van der Waals surface area contributed by atoms with Crippen LogP contribution in [0.25, 0.3) is 0 Å². The maximum Gasteiger partial charge on any atom is 0.0670 e. The Morgan fingerprint density at radius 3 is 3.00 bits per heavy atom. The first-order chi connectivity index (χ1) is 5.25. The van der Waals surface area contributed by atoms with E-state index < -0.39 is 0 Å². The lowest BCUT2D eigenvalue weighted by atomic mass is 10.1. The van der Waals surface area contributed by atoms with E-state index in [-0.39, 0.29) is 0 Å². The molecule has 11 heavy (non-hydrogen) atoms. The van der Waals surface area contributed by atoms with Crippen LogP contribution in [-0.4, -0.2) is 4.98 Å². The second-order valence-electron chi connectivity index (χ2n) is 2.19. The van der Waals surface area contributed by atoms with Gasteiger partial charge in [-0.1, -0.05) is 15.9 Å². The summed E-state index contributed by atoms with van der Waals surface area (Å²) in [5, 5.41) is 8.47. The molecule has 0 aromatic carbocycles. The SMILES string of the molecule is Cc1nccc(Br)c1CC#N. The third-order valence-electron chi connectivity index (χ3n) is 1.47. The third kappa shape index (κ3) is 1.78. The van der Waals surface area contributed by atoms with Crippen molar-refractivity contribution in [1.29, 1.82) is 5.26 Å². The minimum atomic E-state index is 0.417. The Bertz CT molecular complexity index is 281. The molecule has 0 amide bonds. The van der Waals surface area contributed by atoms with E-state index >= 15 is 0 Å². The summed E-state index contributed by atoms with van der Waals surface area (Å²) in [5.41, 5.74) is 1.90. The van der Waals surface area contributed by atoms with Crippen molar-refractivity contribution in [3.8, 4) is 6.07 Å². The summed E-state index contributed by atoms with van der Waals surface area (Å²) in [7, 11) is 0. The molecule has 1 rings (SSSR count). The summed E-state index contributed by atoms with van der Waals surface area (Å²) in [6, 6.07) is 3.94. The fourth-order valence-corrected chi connectivity index (χ4v) is 1.40. The maximum absolute atomic E-state index is 8.47. The molecule has 0 fully saturated rings. The number of hydrogen-bond donors (Lipinski definition) is 0. The molecule has 0 spiro atoms. The van der Waals surface area contributed by atoms with Gasteiger partial charge in [-0.25, -0.2) is 0 Å². The smallest absolute Gasteiger partial charge is 0.0670 e. The first-order valence-corrected chi connectivity index (χ1v) is 4.02. The number of rotatable bonds is 1. The van der Waals surface area contributed by atoms with Crippen molar-refractivity contribution in [1.82, 2.24) is 4.98 Å². The Morgan fingerprint density at radius 1 is 1.73 bits per heavy atom. The van der Waals surface area contributed by atoms with Gasteiger partial charge in [0.2, 0.25) is 0 Å². The number of hydrogen-bond acceptors (Lipinski definition) is 2. The number of aryl methyl sites for hydroxylation is 1. The second-order valence-corrected chi connectivity index (χ2v) is 3.05. The van der Waals surface area contributed by atoms with Crippen LogP contribution < -0.4 is 0 Å². The summed E-state index contributed by atoms with van der Waals surface area (Å²) in [6.45, 7) is 1.90. The fraction of sp³-hybridized carbons (Fsp3) is 0.250. The van der Waals surface area contributed by atoms with Crippen LogP contribution in [-0.2, 0) is 6.42 Å². The van der Waals surface area contributed by atoms with Crippen LogP contribution in [0, 0.1) is 18.3 Å². The lowest BCUT2D eigenvalue weighted by molar-refractivity contribution is 1.09. The van der Waals surface area contributed by atoms with Gasteiger partial charge in [0.1, 0.15) is 0 Å². The van der Waals surface area contributed by atoms with E-state index in [2.05, 4.69) is 27.0 Å². The molecule has 56 valence electrons. The number of halogens is 1. The Morgan fingerprint density at radius 2 is 2.45 bits per heavy atom. The largest absolute Gasteiger partial charge is 0.261 e. The molecule has 1 heterocycles. The first-order valence-electron chi connectivity index (χ1n) is 3.22. The van der Waals surface area contributed by atoms with Crippen LogP contribution in [0.15, 0.2) is 16.7 Å². The van der Waals surface area contributed by atoms with Crippen LogP contribution in [0.5, 0.6) is 0 Å². The second kappa shape index (κ2) is 3.49. The Labute approximate surface area is 74.0 Å². The molecular formula is C8H7BrN2. The van der Waals surface area contributed by atoms with Crippen molar-refractivity contribution in [2.75, 3.05) is 0 Å². The van der Waals surface area contributed by atoms with Gasteiger partial charge in [0.25, 0.3) is 0 Å². The molecule has 0 saturated carbocycles. The van der Waals surface area contributed by atoms with Gasteiger partial charge in [0.05, 0.1) is 12.5 Å². The molecule has 0 saturated heterocycles. The highest BCUT2D eigenvalue weighted by atomic mass is 79.9. The molecule has 0 aliphatic rings. The number of pyridine rings is 1. The maximum atomic E-state index is 8.47. The summed E-state index contributed by atoms with van der Waals surface area (Å²) in [5.74, 6) is 0. The number of aromatic nitrogens is 1. The highest BCUT2D eigenvalue weighted by Gasteiger charge is 2.02. The summed E-state index contributed by atoms with van der Waals surface area (Å²) in [4.78, 5) is 4.08. The lowest BCUT2D eigenvalue weighted by Crippen LogP contribution is -1.91. The van der Waals surface area contributed by atoms with Gasteiger partial charge in [0.15, 0.2) is 0 Å². The third-order valence-corrected chi connectivity index (χ3v) is 2.21. The number of nitrogens with zero attached hydrogens (tertiary/aromatic N) is 2. The van der Waals surface area contributed by atoms with Gasteiger partial charge in [-0.05, 0) is 13.0 Å². The van der Waals surface area contributed by atoms with Crippen molar-refractivity contribution in [3.05, 3.63) is 28.0 Å². The van der Waals surface area contributed by atoms with Crippen LogP contribution in [0.2, 0.25) is 0 Å². The molecule has 0 N–H and O–H groups in total. The molecule has 0 unspecified atom stereocenters. The van der Waals surface area contributed by atoms with Crippen molar-refractivity contribution in [2.24, 2.45) is 0 Å². The van der Waals surface area contributed by atoms with Gasteiger partial charge >= 0.3 is 0 Å². The summed E-state index contributed by atoms with van der Waals surface area (Å²) in [6.07, 6.45) is 2.14. The zero-order valence-corrected chi connectivity index (χ0v) is 7.72. The van der Waals surface area contributed by atoms with E-state index in [0.717, 1.165) is 15.7 Å². The van der Waals surface area contributed by atoms with Crippen molar-refractivity contribution >= 4 is 15.9 Å². The van der Waals surface area contributed by atoms with Gasteiger partial charge < -0.3 is 0 Å². The van der Waals surface area contributed by atoms with E-state index in [1.165, 1.54) is 0 Å². The monoisotopic (exact) mass is 210 g/mol. The topological polar surface area (TPSA) is 36.7 Å². The van der Waals surface area contributed by atoms with Crippen molar-refractivity contribution in [3.63, 3.8) is 0 Å². The normalized spacial score (nSPS) is 9.18. The minimum Gasteiger partial charge on any atom is -0.261 e. The van der Waals surface area contributed by atoms with Crippen molar-refractivity contribution < 1.29 is 0 Å². The fourth-order valence-electron chi connectivity index (χ4n) is 0.857. The Hall–Kier alpha value is -0.880. The molecule has 0 radical (unpaired) electrons. The van der Waals surface area contributed by atoms with E-state index in [4.69, 9.17) is 5.26 Å². The summed E-state index contributed by atoms with van der Waals surface area (Å²) >= 11 is 3.36. The average Bonchev–Trinajstić information content (AvgIpc) is 1.97. The minimum absolute atomic E-state index is 0.417. The van der Waals surface area contributed by atoms with Gasteiger partial charge in [0, 0.05) is 21.9 Å². The van der Waals surface area contributed by atoms with Gasteiger partial charge in [-0.15, -0.1) is 0 Å². The quantitative estimate of drug-likeness (QED) is 0.713. The lowest BCUT2D eigenvalue weighted by Gasteiger charge is -2.01. The molecular weight excluding hydrogens is 204 g/mol. The molecule has 3 heteroatoms. The van der Waals surface area contributed by atoms with Crippen LogP contribution in [0.3, 0.4) is 0 Å². The Kier molecular flexibility index (Phi) is 2.61. The van der Waals surface area contributed by atoms with Gasteiger partial charge in [-0.2, -0.15) is 5.26 Å². The van der Waals surface area contributed by atoms with Gasteiger partial charge in [-0.3, -0.25) is 4.98 Å². The molecule has 1 aromatic rings.